The summed E-state index contributed by atoms with van der Waals surface area (Å²) in [4.78, 5) is 22.5. The third-order valence-corrected chi connectivity index (χ3v) is 5.42. The van der Waals surface area contributed by atoms with E-state index in [9.17, 15) is 22.4 Å². The highest BCUT2D eigenvalue weighted by Crippen LogP contribution is 2.29. The van der Waals surface area contributed by atoms with Gasteiger partial charge in [-0.1, -0.05) is 6.42 Å². The molecule has 1 fully saturated rings. The number of aryl methyl sites for hydroxylation is 1. The summed E-state index contributed by atoms with van der Waals surface area (Å²) in [5, 5.41) is 2.50. The molecular weight excluding hydrogens is 311 g/mol. The maximum absolute atomic E-state index is 14.1. The summed E-state index contributed by atoms with van der Waals surface area (Å²) in [6.07, 6.45) is 2.75. The summed E-state index contributed by atoms with van der Waals surface area (Å²) in [5.74, 6) is -2.12. The largest absolute Gasteiger partial charge is 0.326 e. The van der Waals surface area contributed by atoms with Gasteiger partial charge in [-0.2, -0.15) is 0 Å². The Hall–Kier alpha value is -1.96. The van der Waals surface area contributed by atoms with Crippen molar-refractivity contribution < 1.29 is 22.4 Å². The van der Waals surface area contributed by atoms with Crippen LogP contribution in [0.3, 0.4) is 0 Å². The van der Waals surface area contributed by atoms with Gasteiger partial charge in [-0.15, -0.1) is 0 Å². The van der Waals surface area contributed by atoms with Gasteiger partial charge in [0.25, 0.3) is 10.0 Å². The number of benzene rings is 1. The van der Waals surface area contributed by atoms with Gasteiger partial charge < -0.3 is 5.32 Å². The lowest BCUT2D eigenvalue weighted by Crippen LogP contribution is -2.38. The second-order valence-corrected chi connectivity index (χ2v) is 7.24. The van der Waals surface area contributed by atoms with Crippen molar-refractivity contribution in [1.29, 1.82) is 0 Å². The normalized spacial score (nSPS) is 18.1. The Balaban J connectivity index is 1.90. The van der Waals surface area contributed by atoms with E-state index in [1.54, 1.807) is 0 Å². The molecule has 1 aromatic rings. The molecule has 3 rings (SSSR count). The number of rotatable bonds is 3. The first kappa shape index (κ1) is 15.0. The van der Waals surface area contributed by atoms with E-state index in [2.05, 4.69) is 5.32 Å². The third kappa shape index (κ3) is 2.70. The number of carbonyl (C=O) groups is 2. The van der Waals surface area contributed by atoms with E-state index in [1.807, 2.05) is 4.72 Å². The molecule has 8 heteroatoms. The van der Waals surface area contributed by atoms with Crippen molar-refractivity contribution in [3.63, 3.8) is 0 Å². The molecule has 2 aliphatic rings. The minimum atomic E-state index is -4.25. The maximum Gasteiger partial charge on any atom is 0.266 e. The summed E-state index contributed by atoms with van der Waals surface area (Å²) in [7, 11) is -4.25. The van der Waals surface area contributed by atoms with Gasteiger partial charge in [0.2, 0.25) is 11.8 Å². The Bertz CT molecular complexity index is 756. The minimum Gasteiger partial charge on any atom is -0.326 e. The van der Waals surface area contributed by atoms with Crippen LogP contribution in [0.5, 0.6) is 0 Å². The lowest BCUT2D eigenvalue weighted by molar-refractivity contribution is -0.125. The first-order valence-corrected chi connectivity index (χ1v) is 8.54. The molecular formula is C14H15FN2O4S. The number of anilines is 1. The second-order valence-electron chi connectivity index (χ2n) is 5.59. The number of nitrogens with one attached hydrogen (secondary N) is 2. The van der Waals surface area contributed by atoms with Gasteiger partial charge in [0.05, 0.1) is 0 Å². The average molecular weight is 326 g/mol. The molecule has 0 spiro atoms. The van der Waals surface area contributed by atoms with Gasteiger partial charge in [0.15, 0.2) is 0 Å². The highest BCUT2D eigenvalue weighted by molar-refractivity contribution is 7.90. The molecule has 0 aromatic heterocycles. The Morgan fingerprint density at radius 2 is 2.00 bits per heavy atom. The molecule has 2 N–H and O–H groups in total. The molecule has 1 aromatic carbocycles. The summed E-state index contributed by atoms with van der Waals surface area (Å²) in [5.41, 5.74) is 0.815. The molecule has 0 radical (unpaired) electrons. The smallest absolute Gasteiger partial charge is 0.266 e. The highest BCUT2D eigenvalue weighted by Gasteiger charge is 2.31. The summed E-state index contributed by atoms with van der Waals surface area (Å²) >= 11 is 0. The summed E-state index contributed by atoms with van der Waals surface area (Å²) < 4.78 is 40.4. The molecule has 0 saturated heterocycles. The molecule has 1 aliphatic heterocycles. The van der Waals surface area contributed by atoms with Gasteiger partial charge in [-0.3, -0.25) is 9.59 Å². The topological polar surface area (TPSA) is 92.3 Å². The molecule has 6 nitrogen and oxygen atoms in total. The molecule has 0 bridgehead atoms. The van der Waals surface area contributed by atoms with Crippen molar-refractivity contribution in [3.05, 3.63) is 23.5 Å². The Morgan fingerprint density at radius 1 is 1.27 bits per heavy atom. The minimum absolute atomic E-state index is 0.215. The Kier molecular flexibility index (Phi) is 3.64. The van der Waals surface area contributed by atoms with Crippen LogP contribution in [-0.4, -0.2) is 20.2 Å². The average Bonchev–Trinajstić information content (AvgIpc) is 2.34. The van der Waals surface area contributed by atoms with E-state index in [-0.39, 0.29) is 23.9 Å². The predicted molar refractivity (Wildman–Crippen MR) is 76.0 cm³/mol. The summed E-state index contributed by atoms with van der Waals surface area (Å²) in [6, 6.07) is 2.16. The maximum atomic E-state index is 14.1. The molecule has 22 heavy (non-hydrogen) atoms. The Labute approximate surface area is 127 Å². The standard InChI is InChI=1S/C14H15FN2O4S/c15-10-7-11-9(4-5-13(18)16-11)6-12(10)22(20,21)17-14(19)8-2-1-3-8/h6-8H,1-5H2,(H,16,18)(H,17,19). The van der Waals surface area contributed by atoms with Gasteiger partial charge >= 0.3 is 0 Å². The second kappa shape index (κ2) is 5.35. The van der Waals surface area contributed by atoms with Crippen molar-refractivity contribution >= 4 is 27.5 Å². The first-order valence-electron chi connectivity index (χ1n) is 7.06. The Morgan fingerprint density at radius 3 is 2.64 bits per heavy atom. The lowest BCUT2D eigenvalue weighted by atomic mass is 9.85. The van der Waals surface area contributed by atoms with E-state index in [0.29, 0.717) is 24.8 Å². The SMILES string of the molecule is O=C1CCc2cc(S(=O)(=O)NC(=O)C3CCC3)c(F)cc2N1. The number of amides is 2. The molecule has 2 amide bonds. The van der Waals surface area contributed by atoms with Gasteiger partial charge in [-0.05, 0) is 37.0 Å². The summed E-state index contributed by atoms with van der Waals surface area (Å²) in [6.45, 7) is 0. The lowest BCUT2D eigenvalue weighted by Gasteiger charge is -2.24. The van der Waals surface area contributed by atoms with Crippen LogP contribution in [0.4, 0.5) is 10.1 Å². The van der Waals surface area contributed by atoms with Gasteiger partial charge in [0.1, 0.15) is 10.7 Å². The zero-order valence-electron chi connectivity index (χ0n) is 11.7. The predicted octanol–water partition coefficient (Wildman–Crippen LogP) is 1.32. The fourth-order valence-electron chi connectivity index (χ4n) is 2.53. The van der Waals surface area contributed by atoms with Crippen LogP contribution >= 0.6 is 0 Å². The fourth-order valence-corrected chi connectivity index (χ4v) is 3.68. The molecule has 0 atom stereocenters. The monoisotopic (exact) mass is 326 g/mol. The van der Waals surface area contributed by atoms with Crippen molar-refractivity contribution in [1.82, 2.24) is 4.72 Å². The van der Waals surface area contributed by atoms with Crippen LogP contribution in [0, 0.1) is 11.7 Å². The van der Waals surface area contributed by atoms with Crippen LogP contribution < -0.4 is 10.0 Å². The number of hydrogen-bond acceptors (Lipinski definition) is 4. The van der Waals surface area contributed by atoms with Gasteiger partial charge in [0, 0.05) is 18.0 Å². The molecule has 1 aliphatic carbocycles. The third-order valence-electron chi connectivity index (χ3n) is 4.05. The van der Waals surface area contributed by atoms with E-state index in [4.69, 9.17) is 0 Å². The quantitative estimate of drug-likeness (QED) is 0.876. The zero-order valence-corrected chi connectivity index (χ0v) is 12.5. The zero-order chi connectivity index (χ0) is 15.9. The van der Waals surface area contributed by atoms with Crippen molar-refractivity contribution in [2.75, 3.05) is 5.32 Å². The van der Waals surface area contributed by atoms with E-state index >= 15 is 0 Å². The van der Waals surface area contributed by atoms with E-state index < -0.39 is 26.6 Å². The first-order chi connectivity index (χ1) is 10.4. The van der Waals surface area contributed by atoms with Crippen LogP contribution in [0.1, 0.15) is 31.2 Å². The van der Waals surface area contributed by atoms with Crippen molar-refractivity contribution in [2.24, 2.45) is 5.92 Å². The van der Waals surface area contributed by atoms with Crippen molar-refractivity contribution in [3.8, 4) is 0 Å². The van der Waals surface area contributed by atoms with Crippen molar-refractivity contribution in [2.45, 2.75) is 37.0 Å². The number of sulfonamides is 1. The molecule has 0 unspecified atom stereocenters. The molecule has 118 valence electrons. The van der Waals surface area contributed by atoms with E-state index in [0.717, 1.165) is 12.5 Å². The van der Waals surface area contributed by atoms with E-state index in [1.165, 1.54) is 6.07 Å². The highest BCUT2D eigenvalue weighted by atomic mass is 32.2. The molecule has 1 heterocycles. The number of fused-ring (bicyclic) bond motifs is 1. The van der Waals surface area contributed by atoms with Crippen LogP contribution in [0.25, 0.3) is 0 Å². The number of halogens is 1. The van der Waals surface area contributed by atoms with Crippen LogP contribution in [0.2, 0.25) is 0 Å². The molecule has 1 saturated carbocycles. The fraction of sp³-hybridized carbons (Fsp3) is 0.429. The number of hydrogen-bond donors (Lipinski definition) is 2. The van der Waals surface area contributed by atoms with Crippen LogP contribution in [-0.2, 0) is 26.0 Å². The number of carbonyl (C=O) groups excluding carboxylic acids is 2. The van der Waals surface area contributed by atoms with Gasteiger partial charge in [-0.25, -0.2) is 17.5 Å². The van der Waals surface area contributed by atoms with Crippen LogP contribution in [0.15, 0.2) is 17.0 Å².